The van der Waals surface area contributed by atoms with Crippen molar-refractivity contribution in [3.05, 3.63) is 59.9 Å². The highest BCUT2D eigenvalue weighted by atomic mass is 16.4. The molecule has 0 spiro atoms. The molecule has 5 heteroatoms. The number of anilines is 1. The Morgan fingerprint density at radius 1 is 1.23 bits per heavy atom. The molecular formula is C17H16N4O. The lowest BCUT2D eigenvalue weighted by Gasteiger charge is -2.27. The minimum Gasteiger partial charge on any atom is -0.439 e. The van der Waals surface area contributed by atoms with E-state index in [0.717, 1.165) is 36.7 Å². The molecule has 4 rings (SSSR count). The van der Waals surface area contributed by atoms with Gasteiger partial charge in [-0.15, -0.1) is 0 Å². The van der Waals surface area contributed by atoms with Crippen molar-refractivity contribution in [1.82, 2.24) is 15.0 Å². The maximum Gasteiger partial charge on any atom is 0.245 e. The smallest absolute Gasteiger partial charge is 0.245 e. The topological polar surface area (TPSA) is 55.1 Å². The van der Waals surface area contributed by atoms with E-state index in [1.165, 1.54) is 17.6 Å². The Kier molecular flexibility index (Phi) is 3.11. The number of rotatable bonds is 2. The van der Waals surface area contributed by atoms with Gasteiger partial charge in [0.05, 0.1) is 6.54 Å². The summed E-state index contributed by atoms with van der Waals surface area (Å²) >= 11 is 0. The van der Waals surface area contributed by atoms with Crippen molar-refractivity contribution in [2.45, 2.75) is 19.9 Å². The van der Waals surface area contributed by atoms with E-state index in [-0.39, 0.29) is 0 Å². The van der Waals surface area contributed by atoms with Crippen LogP contribution in [-0.2, 0) is 13.0 Å². The summed E-state index contributed by atoms with van der Waals surface area (Å²) in [5, 5.41) is 0. The van der Waals surface area contributed by atoms with Crippen LogP contribution in [0.5, 0.6) is 0 Å². The molecule has 1 aliphatic heterocycles. The van der Waals surface area contributed by atoms with Gasteiger partial charge in [0, 0.05) is 24.8 Å². The van der Waals surface area contributed by atoms with E-state index < -0.39 is 0 Å². The van der Waals surface area contributed by atoms with Crippen molar-refractivity contribution >= 4 is 5.69 Å². The van der Waals surface area contributed by atoms with Gasteiger partial charge < -0.3 is 9.32 Å². The average molecular weight is 292 g/mol. The van der Waals surface area contributed by atoms with E-state index in [1.54, 1.807) is 6.20 Å². The lowest BCUT2D eigenvalue weighted by Crippen LogP contribution is -2.30. The Balaban J connectivity index is 1.63. The van der Waals surface area contributed by atoms with Gasteiger partial charge in [0.2, 0.25) is 5.89 Å². The van der Waals surface area contributed by atoms with Crippen molar-refractivity contribution in [2.75, 3.05) is 11.4 Å². The molecule has 0 atom stereocenters. The van der Waals surface area contributed by atoms with Gasteiger partial charge in [-0.05, 0) is 30.7 Å². The molecule has 0 aliphatic carbocycles. The summed E-state index contributed by atoms with van der Waals surface area (Å²) in [6.45, 7) is 3.82. The van der Waals surface area contributed by atoms with Crippen LogP contribution in [0.15, 0.2) is 47.3 Å². The lowest BCUT2D eigenvalue weighted by atomic mass is 10.1. The van der Waals surface area contributed by atoms with E-state index in [0.29, 0.717) is 5.89 Å². The fraction of sp³-hybridized carbons (Fsp3) is 0.235. The van der Waals surface area contributed by atoms with Gasteiger partial charge in [0.15, 0.2) is 0 Å². The molecule has 3 aromatic rings. The summed E-state index contributed by atoms with van der Waals surface area (Å²) in [6, 6.07) is 10.4. The number of oxazole rings is 1. The molecule has 22 heavy (non-hydrogen) atoms. The summed E-state index contributed by atoms with van der Waals surface area (Å²) in [5.74, 6) is 1.55. The Hall–Kier alpha value is -2.69. The predicted molar refractivity (Wildman–Crippen MR) is 83.5 cm³/mol. The van der Waals surface area contributed by atoms with Crippen LogP contribution in [0.2, 0.25) is 0 Å². The Bertz CT molecular complexity index is 797. The van der Waals surface area contributed by atoms with E-state index in [4.69, 9.17) is 4.42 Å². The monoisotopic (exact) mass is 292 g/mol. The van der Waals surface area contributed by atoms with Gasteiger partial charge >= 0.3 is 0 Å². The van der Waals surface area contributed by atoms with E-state index in [1.807, 2.05) is 6.07 Å². The third-order valence-corrected chi connectivity index (χ3v) is 3.90. The summed E-state index contributed by atoms with van der Waals surface area (Å²) in [6.07, 6.45) is 4.07. The molecule has 1 aliphatic rings. The molecule has 0 unspecified atom stereocenters. The number of aromatic nitrogens is 3. The largest absolute Gasteiger partial charge is 0.439 e. The molecule has 0 amide bonds. The second kappa shape index (κ2) is 5.26. The summed E-state index contributed by atoms with van der Waals surface area (Å²) in [4.78, 5) is 15.1. The third-order valence-electron chi connectivity index (χ3n) is 3.90. The highest BCUT2D eigenvalue weighted by Crippen LogP contribution is 2.28. The molecule has 0 radical (unpaired) electrons. The highest BCUT2D eigenvalue weighted by Gasteiger charge is 2.23. The van der Waals surface area contributed by atoms with Crippen molar-refractivity contribution in [1.29, 1.82) is 0 Å². The molecular weight excluding hydrogens is 276 g/mol. The van der Waals surface area contributed by atoms with Gasteiger partial charge in [-0.2, -0.15) is 0 Å². The molecule has 0 bridgehead atoms. The van der Waals surface area contributed by atoms with Crippen molar-refractivity contribution in [2.24, 2.45) is 0 Å². The first kappa shape index (κ1) is 13.0. The molecule has 3 heterocycles. The molecule has 0 saturated carbocycles. The SMILES string of the molecule is Cc1cccc(N2CCc3oc(-c4ccncn4)nc3C2)c1. The summed E-state index contributed by atoms with van der Waals surface area (Å²) in [7, 11) is 0. The molecule has 0 saturated heterocycles. The zero-order valence-electron chi connectivity index (χ0n) is 12.4. The highest BCUT2D eigenvalue weighted by molar-refractivity contribution is 5.51. The molecule has 0 fully saturated rings. The third kappa shape index (κ3) is 2.35. The average Bonchev–Trinajstić information content (AvgIpc) is 2.99. The number of hydrogen-bond acceptors (Lipinski definition) is 5. The van der Waals surface area contributed by atoms with Gasteiger partial charge in [0.1, 0.15) is 23.5 Å². The normalized spacial score (nSPS) is 14.0. The van der Waals surface area contributed by atoms with Crippen LogP contribution in [0.3, 0.4) is 0 Å². The van der Waals surface area contributed by atoms with Gasteiger partial charge in [-0.25, -0.2) is 15.0 Å². The first-order valence-electron chi connectivity index (χ1n) is 7.36. The van der Waals surface area contributed by atoms with Crippen LogP contribution in [0.4, 0.5) is 5.69 Å². The van der Waals surface area contributed by atoms with Crippen molar-refractivity contribution in [3.8, 4) is 11.6 Å². The minimum atomic E-state index is 0.582. The number of fused-ring (bicyclic) bond motifs is 1. The van der Waals surface area contributed by atoms with Crippen molar-refractivity contribution < 1.29 is 4.42 Å². The standard InChI is InChI=1S/C17H16N4O/c1-12-3-2-4-13(9-12)21-8-6-16-15(10-21)20-17(22-16)14-5-7-18-11-19-14/h2-5,7,9,11H,6,8,10H2,1H3. The lowest BCUT2D eigenvalue weighted by molar-refractivity contribution is 0.498. The summed E-state index contributed by atoms with van der Waals surface area (Å²) < 4.78 is 5.87. The van der Waals surface area contributed by atoms with E-state index in [9.17, 15) is 0 Å². The second-order valence-electron chi connectivity index (χ2n) is 5.49. The van der Waals surface area contributed by atoms with Crippen LogP contribution < -0.4 is 4.90 Å². The molecule has 1 aromatic carbocycles. The molecule has 0 N–H and O–H groups in total. The predicted octanol–water partition coefficient (Wildman–Crippen LogP) is 3.00. The molecule has 2 aromatic heterocycles. The van der Waals surface area contributed by atoms with Crippen LogP contribution in [0.25, 0.3) is 11.6 Å². The first-order valence-corrected chi connectivity index (χ1v) is 7.36. The van der Waals surface area contributed by atoms with Crippen LogP contribution in [-0.4, -0.2) is 21.5 Å². The van der Waals surface area contributed by atoms with Gasteiger partial charge in [0.25, 0.3) is 0 Å². The van der Waals surface area contributed by atoms with Crippen LogP contribution in [0.1, 0.15) is 17.0 Å². The van der Waals surface area contributed by atoms with E-state index in [2.05, 4.69) is 51.0 Å². The minimum absolute atomic E-state index is 0.582. The summed E-state index contributed by atoms with van der Waals surface area (Å²) in [5.41, 5.74) is 4.23. The zero-order valence-corrected chi connectivity index (χ0v) is 12.4. The first-order chi connectivity index (χ1) is 10.8. The Labute approximate surface area is 128 Å². The van der Waals surface area contributed by atoms with Crippen molar-refractivity contribution in [3.63, 3.8) is 0 Å². The maximum absolute atomic E-state index is 5.87. The fourth-order valence-corrected chi connectivity index (χ4v) is 2.77. The number of nitrogens with zero attached hydrogens (tertiary/aromatic N) is 4. The molecule has 110 valence electrons. The zero-order chi connectivity index (χ0) is 14.9. The Morgan fingerprint density at radius 2 is 2.18 bits per heavy atom. The van der Waals surface area contributed by atoms with Crippen LogP contribution in [0, 0.1) is 6.92 Å². The van der Waals surface area contributed by atoms with Gasteiger partial charge in [-0.3, -0.25) is 0 Å². The van der Waals surface area contributed by atoms with E-state index >= 15 is 0 Å². The number of benzene rings is 1. The van der Waals surface area contributed by atoms with Crippen LogP contribution >= 0.6 is 0 Å². The maximum atomic E-state index is 5.87. The number of hydrogen-bond donors (Lipinski definition) is 0. The number of aryl methyl sites for hydroxylation is 1. The quantitative estimate of drug-likeness (QED) is 0.726. The second-order valence-corrected chi connectivity index (χ2v) is 5.49. The molecule has 5 nitrogen and oxygen atoms in total. The fourth-order valence-electron chi connectivity index (χ4n) is 2.77. The van der Waals surface area contributed by atoms with Gasteiger partial charge in [-0.1, -0.05) is 12.1 Å². The Morgan fingerprint density at radius 3 is 3.00 bits per heavy atom.